The van der Waals surface area contributed by atoms with E-state index in [4.69, 9.17) is 11.8 Å². The van der Waals surface area contributed by atoms with E-state index in [0.29, 0.717) is 25.5 Å². The Kier molecular flexibility index (Phi) is 5.02. The Morgan fingerprint density at radius 3 is 2.89 bits per heavy atom. The molecule has 4 rings (SSSR count). The molecule has 2 aromatic rings. The van der Waals surface area contributed by atoms with Gasteiger partial charge in [-0.25, -0.2) is 14.4 Å². The summed E-state index contributed by atoms with van der Waals surface area (Å²) in [5, 5.41) is 5.61. The van der Waals surface area contributed by atoms with E-state index in [1.165, 1.54) is 16.1 Å². The second kappa shape index (κ2) is 7.59. The molecule has 0 aliphatic carbocycles. The summed E-state index contributed by atoms with van der Waals surface area (Å²) < 4.78 is 1.40. The van der Waals surface area contributed by atoms with Crippen molar-refractivity contribution < 1.29 is 9.59 Å². The Morgan fingerprint density at radius 1 is 1.26 bits per heavy atom. The van der Waals surface area contributed by atoms with Crippen LogP contribution in [0.1, 0.15) is 16.1 Å². The number of rotatable bonds is 3. The Bertz CT molecular complexity index is 933. The van der Waals surface area contributed by atoms with Crippen LogP contribution in [0.15, 0.2) is 35.5 Å². The highest BCUT2D eigenvalue weighted by Crippen LogP contribution is 2.22. The lowest BCUT2D eigenvalue weighted by Crippen LogP contribution is -2.43. The van der Waals surface area contributed by atoms with Crippen LogP contribution in [0.25, 0.3) is 12.2 Å². The summed E-state index contributed by atoms with van der Waals surface area (Å²) in [4.78, 5) is 34.2. The van der Waals surface area contributed by atoms with Crippen LogP contribution in [0, 0.1) is 0 Å². The normalized spacial score (nSPS) is 17.3. The molecular weight excluding hydrogens is 386 g/mol. The van der Waals surface area contributed by atoms with Crippen LogP contribution in [-0.2, 0) is 16.1 Å². The van der Waals surface area contributed by atoms with Crippen molar-refractivity contribution >= 4 is 52.9 Å². The third-order valence-electron chi connectivity index (χ3n) is 4.20. The number of fused-ring (bicyclic) bond motifs is 1. The number of hydrogen-bond donors (Lipinski definition) is 1. The lowest BCUT2D eigenvalue weighted by Gasteiger charge is -2.33. The number of thiazole rings is 1. The summed E-state index contributed by atoms with van der Waals surface area (Å²) in [6.07, 6.45) is 8.68. The molecule has 0 aromatic carbocycles. The van der Waals surface area contributed by atoms with Gasteiger partial charge < -0.3 is 10.2 Å². The summed E-state index contributed by atoms with van der Waals surface area (Å²) >= 11 is 7.59. The van der Waals surface area contributed by atoms with Gasteiger partial charge in [0.25, 0.3) is 0 Å². The number of nitrogens with one attached hydrogen (secondary N) is 1. The summed E-state index contributed by atoms with van der Waals surface area (Å²) in [6, 6.07) is 1.87. The Labute approximate surface area is 165 Å². The van der Waals surface area contributed by atoms with Crippen LogP contribution in [0.4, 0.5) is 5.82 Å². The van der Waals surface area contributed by atoms with Crippen molar-refractivity contribution in [1.29, 1.82) is 0 Å². The van der Waals surface area contributed by atoms with Gasteiger partial charge in [0.2, 0.25) is 11.8 Å². The molecule has 0 bridgehead atoms. The Morgan fingerprint density at radius 2 is 2.11 bits per heavy atom. The first kappa shape index (κ1) is 17.8. The quantitative estimate of drug-likeness (QED) is 0.631. The van der Waals surface area contributed by atoms with Crippen molar-refractivity contribution in [3.63, 3.8) is 0 Å². The second-order valence-corrected chi connectivity index (χ2v) is 7.71. The molecule has 2 aliphatic heterocycles. The fourth-order valence-corrected chi connectivity index (χ4v) is 3.72. The fourth-order valence-electron chi connectivity index (χ4n) is 2.87. The number of amides is 2. The van der Waals surface area contributed by atoms with Crippen molar-refractivity contribution in [3.8, 4) is 0 Å². The van der Waals surface area contributed by atoms with Crippen LogP contribution < -0.4 is 5.32 Å². The molecule has 0 radical (unpaired) electrons. The molecule has 9 heteroatoms. The van der Waals surface area contributed by atoms with Gasteiger partial charge in [-0.1, -0.05) is 0 Å². The molecule has 2 amide bonds. The van der Waals surface area contributed by atoms with Crippen molar-refractivity contribution in [1.82, 2.24) is 19.3 Å². The van der Waals surface area contributed by atoms with Crippen LogP contribution in [0.5, 0.6) is 0 Å². The highest BCUT2D eigenvalue weighted by atomic mass is 35.5. The SMILES string of the molecule is O=C1CN(Cl)Cc2cc(/C=C/C(=O)N3CC(=Cc4nccs4)C3)cnc2N1. The number of likely N-dealkylation sites (tertiary alicyclic amines) is 1. The fraction of sp³-hybridized carbons (Fsp3) is 0.222. The Hall–Kier alpha value is -2.55. The molecule has 1 saturated heterocycles. The number of nitrogens with zero attached hydrogens (tertiary/aromatic N) is 4. The van der Waals surface area contributed by atoms with Crippen LogP contribution in [0.2, 0.25) is 0 Å². The molecule has 4 heterocycles. The third-order valence-corrected chi connectivity index (χ3v) is 5.16. The molecule has 1 N–H and O–H groups in total. The molecule has 2 aromatic heterocycles. The minimum atomic E-state index is -0.200. The van der Waals surface area contributed by atoms with Gasteiger partial charge in [-0.2, -0.15) is 0 Å². The first-order chi connectivity index (χ1) is 13.1. The summed E-state index contributed by atoms with van der Waals surface area (Å²) in [5.41, 5.74) is 2.78. The van der Waals surface area contributed by atoms with Crippen molar-refractivity contribution in [3.05, 3.63) is 51.6 Å². The number of anilines is 1. The van der Waals surface area contributed by atoms with Gasteiger partial charge in [0.1, 0.15) is 10.8 Å². The van der Waals surface area contributed by atoms with Gasteiger partial charge in [-0.3, -0.25) is 9.59 Å². The molecule has 0 spiro atoms. The van der Waals surface area contributed by atoms with Gasteiger partial charge in [0.15, 0.2) is 0 Å². The van der Waals surface area contributed by atoms with E-state index in [0.717, 1.165) is 16.1 Å². The number of carbonyl (C=O) groups excluding carboxylic acids is 2. The van der Waals surface area contributed by atoms with Gasteiger partial charge in [-0.05, 0) is 41.1 Å². The highest BCUT2D eigenvalue weighted by molar-refractivity contribution is 7.10. The standard InChI is InChI=1S/C18H16ClN5O2S/c19-24-10-14-5-12(7-21-18(14)22-15(25)11-24)1-2-17(26)23-8-13(9-23)6-16-20-3-4-27-16/h1-7H,8-11H2,(H,21,22,25)/b2-1+. The zero-order valence-electron chi connectivity index (χ0n) is 14.3. The number of aromatic nitrogens is 2. The van der Waals surface area contributed by atoms with Crippen molar-refractivity contribution in [2.75, 3.05) is 25.0 Å². The first-order valence-corrected chi connectivity index (χ1v) is 9.54. The van der Waals surface area contributed by atoms with Crippen molar-refractivity contribution in [2.24, 2.45) is 0 Å². The minimum absolute atomic E-state index is 0.0477. The van der Waals surface area contributed by atoms with Crippen LogP contribution in [0.3, 0.4) is 0 Å². The average Bonchev–Trinajstić information content (AvgIpc) is 3.05. The number of hydrogen-bond acceptors (Lipinski definition) is 6. The topological polar surface area (TPSA) is 78.4 Å². The van der Waals surface area contributed by atoms with Crippen LogP contribution in [-0.4, -0.2) is 50.7 Å². The van der Waals surface area contributed by atoms with Crippen LogP contribution >= 0.6 is 23.1 Å². The van der Waals surface area contributed by atoms with Gasteiger partial charge in [-0.15, -0.1) is 11.3 Å². The maximum Gasteiger partial charge on any atom is 0.247 e. The zero-order valence-corrected chi connectivity index (χ0v) is 15.8. The van der Waals surface area contributed by atoms with E-state index in [2.05, 4.69) is 15.3 Å². The predicted molar refractivity (Wildman–Crippen MR) is 105 cm³/mol. The highest BCUT2D eigenvalue weighted by Gasteiger charge is 2.23. The van der Waals surface area contributed by atoms with Gasteiger partial charge in [0.05, 0.1) is 6.54 Å². The molecule has 1 fully saturated rings. The zero-order chi connectivity index (χ0) is 18.8. The molecule has 138 valence electrons. The molecular formula is C18H16ClN5O2S. The maximum absolute atomic E-state index is 12.3. The molecule has 2 aliphatic rings. The minimum Gasteiger partial charge on any atom is -0.331 e. The lowest BCUT2D eigenvalue weighted by atomic mass is 10.1. The van der Waals surface area contributed by atoms with Gasteiger partial charge in [0, 0.05) is 49.0 Å². The van der Waals surface area contributed by atoms with Crippen molar-refractivity contribution in [2.45, 2.75) is 6.54 Å². The Balaban J connectivity index is 1.39. The smallest absolute Gasteiger partial charge is 0.247 e. The van der Waals surface area contributed by atoms with E-state index in [1.807, 2.05) is 17.5 Å². The van der Waals surface area contributed by atoms with E-state index in [-0.39, 0.29) is 18.4 Å². The summed E-state index contributed by atoms with van der Waals surface area (Å²) in [5.74, 6) is 0.258. The van der Waals surface area contributed by atoms with Gasteiger partial charge >= 0.3 is 0 Å². The number of halogens is 1. The molecule has 0 atom stereocenters. The first-order valence-electron chi connectivity index (χ1n) is 8.32. The second-order valence-electron chi connectivity index (χ2n) is 6.30. The number of carbonyl (C=O) groups is 2. The molecule has 0 saturated carbocycles. The monoisotopic (exact) mass is 401 g/mol. The average molecular weight is 402 g/mol. The predicted octanol–water partition coefficient (Wildman–Crippen LogP) is 2.38. The summed E-state index contributed by atoms with van der Waals surface area (Å²) in [6.45, 7) is 1.75. The van der Waals surface area contributed by atoms with E-state index < -0.39 is 0 Å². The van der Waals surface area contributed by atoms with E-state index >= 15 is 0 Å². The molecule has 0 unspecified atom stereocenters. The van der Waals surface area contributed by atoms with E-state index in [1.54, 1.807) is 34.7 Å². The number of pyridine rings is 1. The third kappa shape index (κ3) is 4.24. The summed E-state index contributed by atoms with van der Waals surface area (Å²) in [7, 11) is 0. The lowest BCUT2D eigenvalue weighted by molar-refractivity contribution is -0.127. The molecule has 27 heavy (non-hydrogen) atoms. The molecule has 7 nitrogen and oxygen atoms in total. The van der Waals surface area contributed by atoms with E-state index in [9.17, 15) is 9.59 Å². The maximum atomic E-state index is 12.3. The largest absolute Gasteiger partial charge is 0.331 e.